The number of alkyl halides is 3. The summed E-state index contributed by atoms with van der Waals surface area (Å²) in [6, 6.07) is 11.5. The van der Waals surface area contributed by atoms with Gasteiger partial charge in [0.2, 0.25) is 5.91 Å². The highest BCUT2D eigenvalue weighted by Gasteiger charge is 2.42. The number of ether oxygens (including phenoxy) is 1. The summed E-state index contributed by atoms with van der Waals surface area (Å²) in [6.07, 6.45) is 7.63. The molecule has 3 aliphatic heterocycles. The summed E-state index contributed by atoms with van der Waals surface area (Å²) in [5.74, 6) is 0.535. The van der Waals surface area contributed by atoms with E-state index in [-0.39, 0.29) is 24.1 Å². The molecule has 2 unspecified atom stereocenters. The summed E-state index contributed by atoms with van der Waals surface area (Å²) in [5.41, 5.74) is 1.38. The van der Waals surface area contributed by atoms with Gasteiger partial charge >= 0.3 is 12.2 Å². The molecule has 5 aromatic rings. The van der Waals surface area contributed by atoms with Crippen molar-refractivity contribution in [1.82, 2.24) is 34.4 Å². The number of fused-ring (bicyclic) bond motifs is 4. The standard InChI is InChI=1S/C39H41F3N10O4/c1-56-32-17-29-24(16-30(32)45-37(54)28-4-2-6-33(44-28)39(40,41)42)20-52(47-29)25-9-7-23(8-10-25)19-51-26-11-12-27(51)22-48(21-26)31-5-3-14-49-35(18-43-36(31)49)50-15-13-34(53)46-38(50)55/h2-6,14,16-18,20,23,25-27H,7-13,15,19,21-22H2,1H3,(H,45,54)(H,46,53,55). The molecule has 14 nitrogen and oxygen atoms in total. The molecule has 4 aliphatic rings. The van der Waals surface area contributed by atoms with Crippen LogP contribution in [0.3, 0.4) is 0 Å². The molecule has 2 N–H and O–H groups in total. The number of carbonyl (C=O) groups excluding carboxylic acids is 3. The molecule has 1 aliphatic carbocycles. The van der Waals surface area contributed by atoms with Crippen LogP contribution in [-0.2, 0) is 11.0 Å². The average molecular weight is 771 g/mol. The first-order chi connectivity index (χ1) is 27.0. The minimum Gasteiger partial charge on any atom is -0.494 e. The number of pyridine rings is 2. The first kappa shape index (κ1) is 36.0. The Labute approximate surface area is 319 Å². The van der Waals surface area contributed by atoms with E-state index < -0.39 is 23.8 Å². The predicted octanol–water partition coefficient (Wildman–Crippen LogP) is 5.89. The SMILES string of the molecule is COc1cc2nn(C3CCC(CN4C5CCC4CN(c4cccn6c(N7CCC(=O)NC7=O)cnc46)C5)CC3)cc2cc1NC(=O)c1cccc(C(F)(F)F)n1. The van der Waals surface area contributed by atoms with Crippen molar-refractivity contribution >= 4 is 51.6 Å². The summed E-state index contributed by atoms with van der Waals surface area (Å²) in [4.78, 5) is 52.2. The maximum absolute atomic E-state index is 13.2. The second kappa shape index (κ2) is 14.1. The van der Waals surface area contributed by atoms with Crippen molar-refractivity contribution in [2.45, 2.75) is 69.2 Å². The molecule has 9 rings (SSSR count). The maximum atomic E-state index is 13.2. The number of amides is 4. The topological polar surface area (TPSA) is 142 Å². The quantitative estimate of drug-likeness (QED) is 0.198. The number of hydrogen-bond acceptors (Lipinski definition) is 9. The fourth-order valence-corrected chi connectivity index (χ4v) is 9.02. The first-order valence-corrected chi connectivity index (χ1v) is 19.0. The number of aromatic nitrogens is 5. The molecule has 3 saturated heterocycles. The van der Waals surface area contributed by atoms with Crippen molar-refractivity contribution in [2.24, 2.45) is 5.92 Å². The molecule has 2 atom stereocenters. The van der Waals surface area contributed by atoms with Gasteiger partial charge in [-0.05, 0) is 74.8 Å². The summed E-state index contributed by atoms with van der Waals surface area (Å²) in [5, 5.41) is 10.7. The lowest BCUT2D eigenvalue weighted by atomic mass is 9.85. The van der Waals surface area contributed by atoms with Gasteiger partial charge < -0.3 is 15.0 Å². The molecule has 0 spiro atoms. The second-order valence-electron chi connectivity index (χ2n) is 15.2. The van der Waals surface area contributed by atoms with Gasteiger partial charge in [-0.2, -0.15) is 18.3 Å². The largest absolute Gasteiger partial charge is 0.494 e. The molecule has 4 aromatic heterocycles. The Bertz CT molecular complexity index is 2320. The number of imide groups is 1. The zero-order valence-corrected chi connectivity index (χ0v) is 30.7. The molecule has 56 heavy (non-hydrogen) atoms. The van der Waals surface area contributed by atoms with E-state index in [0.717, 1.165) is 87.0 Å². The van der Waals surface area contributed by atoms with Crippen molar-refractivity contribution in [3.63, 3.8) is 0 Å². The van der Waals surface area contributed by atoms with Crippen LogP contribution in [0.15, 0.2) is 61.1 Å². The van der Waals surface area contributed by atoms with E-state index in [2.05, 4.69) is 31.5 Å². The van der Waals surface area contributed by atoms with Crippen molar-refractivity contribution < 1.29 is 32.3 Å². The third-order valence-corrected chi connectivity index (χ3v) is 11.8. The number of carbonyl (C=O) groups is 3. The Morgan fingerprint density at radius 2 is 1.77 bits per heavy atom. The number of methoxy groups -OCH3 is 1. The molecular weight excluding hydrogens is 729 g/mol. The van der Waals surface area contributed by atoms with Gasteiger partial charge in [-0.25, -0.2) is 14.8 Å². The summed E-state index contributed by atoms with van der Waals surface area (Å²) >= 11 is 0. The highest BCUT2D eigenvalue weighted by Crippen LogP contribution is 2.40. The van der Waals surface area contributed by atoms with Crippen LogP contribution in [0.2, 0.25) is 0 Å². The third kappa shape index (κ3) is 6.67. The molecule has 1 saturated carbocycles. The van der Waals surface area contributed by atoms with E-state index in [4.69, 9.17) is 14.8 Å². The first-order valence-electron chi connectivity index (χ1n) is 19.0. The van der Waals surface area contributed by atoms with Gasteiger partial charge in [-0.1, -0.05) is 6.07 Å². The predicted molar refractivity (Wildman–Crippen MR) is 201 cm³/mol. The summed E-state index contributed by atoms with van der Waals surface area (Å²) in [7, 11) is 1.46. The van der Waals surface area contributed by atoms with Crippen LogP contribution in [0.25, 0.3) is 16.6 Å². The Morgan fingerprint density at radius 3 is 2.50 bits per heavy atom. The van der Waals surface area contributed by atoms with Crippen molar-refractivity contribution in [3.8, 4) is 5.75 Å². The second-order valence-corrected chi connectivity index (χ2v) is 15.2. The number of halogens is 3. The third-order valence-electron chi connectivity index (χ3n) is 11.8. The fraction of sp³-hybridized carbons (Fsp3) is 0.436. The van der Waals surface area contributed by atoms with E-state index in [9.17, 15) is 27.6 Å². The number of nitrogens with one attached hydrogen (secondary N) is 2. The maximum Gasteiger partial charge on any atom is 0.433 e. The molecule has 17 heteroatoms. The van der Waals surface area contributed by atoms with Gasteiger partial charge in [-0.15, -0.1) is 0 Å². The normalized spacial score (nSPS) is 23.2. The minimum absolute atomic E-state index is 0.224. The number of benzene rings is 1. The van der Waals surface area contributed by atoms with Crippen LogP contribution >= 0.6 is 0 Å². The number of piperazine rings is 1. The van der Waals surface area contributed by atoms with Crippen molar-refractivity contribution in [3.05, 3.63) is 72.4 Å². The van der Waals surface area contributed by atoms with E-state index in [1.807, 2.05) is 27.5 Å². The van der Waals surface area contributed by atoms with Gasteiger partial charge in [0, 0.05) is 68.5 Å². The van der Waals surface area contributed by atoms with Gasteiger partial charge in [0.05, 0.1) is 36.2 Å². The Morgan fingerprint density at radius 1 is 1.00 bits per heavy atom. The lowest BCUT2D eigenvalue weighted by Crippen LogP contribution is -2.55. The van der Waals surface area contributed by atoms with E-state index in [1.165, 1.54) is 13.2 Å². The Kier molecular flexibility index (Phi) is 9.05. The van der Waals surface area contributed by atoms with Gasteiger partial charge in [0.15, 0.2) is 5.65 Å². The van der Waals surface area contributed by atoms with Crippen LogP contribution in [0.1, 0.15) is 67.2 Å². The Balaban J connectivity index is 0.828. The zero-order chi connectivity index (χ0) is 38.7. The molecule has 4 amide bonds. The van der Waals surface area contributed by atoms with Gasteiger partial charge in [0.25, 0.3) is 5.91 Å². The zero-order valence-electron chi connectivity index (χ0n) is 30.7. The number of anilines is 3. The summed E-state index contributed by atoms with van der Waals surface area (Å²) < 4.78 is 49.0. The van der Waals surface area contributed by atoms with Crippen molar-refractivity contribution in [1.29, 1.82) is 0 Å². The van der Waals surface area contributed by atoms with E-state index in [0.29, 0.717) is 47.3 Å². The fourth-order valence-electron chi connectivity index (χ4n) is 9.02. The molecule has 292 valence electrons. The highest BCUT2D eigenvalue weighted by molar-refractivity contribution is 6.06. The smallest absolute Gasteiger partial charge is 0.433 e. The number of imidazole rings is 1. The van der Waals surface area contributed by atoms with Crippen LogP contribution in [-0.4, -0.2) is 92.3 Å². The van der Waals surface area contributed by atoms with Crippen LogP contribution in [0, 0.1) is 5.92 Å². The molecule has 4 fully saturated rings. The Hall–Kier alpha value is -5.71. The van der Waals surface area contributed by atoms with Crippen LogP contribution in [0.4, 0.5) is 35.2 Å². The van der Waals surface area contributed by atoms with Crippen LogP contribution < -0.4 is 25.2 Å². The number of nitrogens with zero attached hydrogens (tertiary/aromatic N) is 8. The number of rotatable bonds is 8. The minimum atomic E-state index is -4.66. The molecule has 0 radical (unpaired) electrons. The van der Waals surface area contributed by atoms with E-state index in [1.54, 1.807) is 23.2 Å². The number of hydrogen-bond donors (Lipinski definition) is 2. The molecule has 2 bridgehead atoms. The lowest BCUT2D eigenvalue weighted by Gasteiger charge is -2.44. The molecular formula is C39H41F3N10O4. The average Bonchev–Trinajstić information content (AvgIpc) is 3.87. The van der Waals surface area contributed by atoms with Crippen LogP contribution in [0.5, 0.6) is 5.75 Å². The number of urea groups is 1. The van der Waals surface area contributed by atoms with Crippen molar-refractivity contribution in [2.75, 3.05) is 48.4 Å². The lowest BCUT2D eigenvalue weighted by molar-refractivity contribution is -0.141. The van der Waals surface area contributed by atoms with Gasteiger partial charge in [-0.3, -0.25) is 33.8 Å². The monoisotopic (exact) mass is 770 g/mol. The van der Waals surface area contributed by atoms with E-state index >= 15 is 0 Å². The highest BCUT2D eigenvalue weighted by atomic mass is 19.4. The van der Waals surface area contributed by atoms with Gasteiger partial charge in [0.1, 0.15) is 23.0 Å². The summed E-state index contributed by atoms with van der Waals surface area (Å²) in [6.45, 7) is 3.21. The molecule has 1 aromatic carbocycles. The molecule has 7 heterocycles.